The molecule has 0 amide bonds. The lowest BCUT2D eigenvalue weighted by atomic mass is 9.79. The average molecular weight is 1030 g/mol. The van der Waals surface area contributed by atoms with E-state index in [2.05, 4.69) is 274 Å². The van der Waals surface area contributed by atoms with Crippen molar-refractivity contribution in [2.75, 3.05) is 0 Å². The van der Waals surface area contributed by atoms with E-state index >= 15 is 0 Å². The van der Waals surface area contributed by atoms with Gasteiger partial charge in [-0.15, -0.1) is 0 Å². The lowest BCUT2D eigenvalue weighted by molar-refractivity contribution is 0.568. The molecule has 13 aromatic rings. The van der Waals surface area contributed by atoms with Crippen molar-refractivity contribution in [2.24, 2.45) is 0 Å². The summed E-state index contributed by atoms with van der Waals surface area (Å²) in [6, 6.07) is 68.7. The van der Waals surface area contributed by atoms with E-state index in [1.807, 2.05) is 6.07 Å². The zero-order valence-corrected chi connectivity index (χ0v) is 47.5. The molecule has 0 saturated carbocycles. The first kappa shape index (κ1) is 49.9. The first-order valence-electron chi connectivity index (χ1n) is 27.8. The highest BCUT2D eigenvalue weighted by atomic mass is 16.3. The van der Waals surface area contributed by atoms with Gasteiger partial charge in [0.2, 0.25) is 0 Å². The number of aromatic nitrogens is 5. The number of furan rings is 1. The fourth-order valence-electron chi connectivity index (χ4n) is 11.7. The number of rotatable bonds is 6. The van der Waals surface area contributed by atoms with Gasteiger partial charge in [0.25, 0.3) is 0 Å². The number of fused-ring (bicyclic) bond motifs is 10. The minimum atomic E-state index is -0.114. The Morgan fingerprint density at radius 1 is 0.316 bits per heavy atom. The summed E-state index contributed by atoms with van der Waals surface area (Å²) in [5.74, 6) is 1.89. The van der Waals surface area contributed by atoms with Crippen molar-refractivity contribution >= 4 is 65.6 Å². The molecule has 0 unspecified atom stereocenters. The van der Waals surface area contributed by atoms with E-state index < -0.39 is 0 Å². The van der Waals surface area contributed by atoms with E-state index in [0.717, 1.165) is 94.0 Å². The first-order chi connectivity index (χ1) is 37.7. The molecule has 0 aliphatic heterocycles. The third kappa shape index (κ3) is 8.51. The molecule has 0 fully saturated rings. The van der Waals surface area contributed by atoms with Crippen LogP contribution in [0.1, 0.15) is 105 Å². The Kier molecular flexibility index (Phi) is 11.4. The molecule has 4 aromatic heterocycles. The van der Waals surface area contributed by atoms with Crippen LogP contribution >= 0.6 is 0 Å². The highest BCUT2D eigenvalue weighted by Crippen LogP contribution is 2.45. The van der Waals surface area contributed by atoms with E-state index in [0.29, 0.717) is 17.5 Å². The van der Waals surface area contributed by atoms with Crippen molar-refractivity contribution in [3.63, 3.8) is 0 Å². The molecule has 0 aliphatic carbocycles. The number of para-hydroxylation sites is 5. The Morgan fingerprint density at radius 3 is 1.27 bits per heavy atom. The molecule has 0 atom stereocenters. The standard InChI is InChI=1S/C73H67N5O/c1-70(2,3)47-37-45(38-48(42-47)71(4,5)6)68-74-67(75-69(76-68)46-39-49(72(7,8)9)43-50(40-46)73(10,11)12)44-33-35-62(77-58-28-18-13-23-51(58)52-24-14-19-29-59(52)77)57(41-44)53-25-15-20-30-60(53)78-61-31-21-16-27-56(61)65-63(78)36-34-55-54-26-17-22-32-64(54)79-66(55)65/h13-43H,1-12H3. The second-order valence-electron chi connectivity index (χ2n) is 25.8. The molecule has 0 radical (unpaired) electrons. The largest absolute Gasteiger partial charge is 0.455 e. The van der Waals surface area contributed by atoms with Crippen LogP contribution in [-0.4, -0.2) is 24.1 Å². The van der Waals surface area contributed by atoms with Gasteiger partial charge in [0, 0.05) is 54.7 Å². The minimum Gasteiger partial charge on any atom is -0.455 e. The number of benzene rings is 9. The third-order valence-electron chi connectivity index (χ3n) is 16.2. The van der Waals surface area contributed by atoms with E-state index in [9.17, 15) is 0 Å². The monoisotopic (exact) mass is 1030 g/mol. The van der Waals surface area contributed by atoms with Crippen molar-refractivity contribution in [1.29, 1.82) is 0 Å². The van der Waals surface area contributed by atoms with Crippen LogP contribution in [0.25, 0.3) is 122 Å². The molecule has 0 bridgehead atoms. The molecule has 6 heteroatoms. The molecule has 4 heterocycles. The zero-order valence-electron chi connectivity index (χ0n) is 47.5. The van der Waals surface area contributed by atoms with Crippen LogP contribution in [0.3, 0.4) is 0 Å². The molecular formula is C73H67N5O. The Bertz CT molecular complexity index is 4380. The van der Waals surface area contributed by atoms with Crippen molar-refractivity contribution in [3.8, 4) is 56.7 Å². The number of hydrogen-bond acceptors (Lipinski definition) is 4. The molecule has 13 rings (SSSR count). The lowest BCUT2D eigenvalue weighted by Crippen LogP contribution is -2.17. The number of hydrogen-bond donors (Lipinski definition) is 0. The predicted molar refractivity (Wildman–Crippen MR) is 332 cm³/mol. The quantitative estimate of drug-likeness (QED) is 0.166. The molecular weight excluding hydrogens is 963 g/mol. The van der Waals surface area contributed by atoms with Crippen molar-refractivity contribution in [3.05, 3.63) is 210 Å². The van der Waals surface area contributed by atoms with Crippen LogP contribution in [0.15, 0.2) is 192 Å². The van der Waals surface area contributed by atoms with E-state index in [1.54, 1.807) is 0 Å². The van der Waals surface area contributed by atoms with Gasteiger partial charge in [0.05, 0.1) is 38.8 Å². The van der Waals surface area contributed by atoms with E-state index in [4.69, 9.17) is 19.4 Å². The number of nitrogens with zero attached hydrogens (tertiary/aromatic N) is 5. The SMILES string of the molecule is CC(C)(C)c1cc(-c2nc(-c3cc(C(C)(C)C)cc(C(C)(C)C)c3)nc(-c3ccc(-n4c5ccccc5c5ccccc54)c(-c4ccccc4-n4c5ccccc5c5c6oc7ccccc7c6ccc54)c3)n2)cc(C(C)(C)C)c1. The van der Waals surface area contributed by atoms with E-state index in [-0.39, 0.29) is 21.7 Å². The summed E-state index contributed by atoms with van der Waals surface area (Å²) in [6.07, 6.45) is 0. The van der Waals surface area contributed by atoms with Crippen LogP contribution in [-0.2, 0) is 21.7 Å². The van der Waals surface area contributed by atoms with Crippen molar-refractivity contribution in [2.45, 2.75) is 105 Å². The summed E-state index contributed by atoms with van der Waals surface area (Å²) in [6.45, 7) is 27.4. The molecule has 0 saturated heterocycles. The summed E-state index contributed by atoms with van der Waals surface area (Å²) in [4.78, 5) is 16.6. The maximum absolute atomic E-state index is 6.79. The molecule has 0 aliphatic rings. The Hall–Kier alpha value is -8.61. The van der Waals surface area contributed by atoms with Gasteiger partial charge in [0.1, 0.15) is 11.2 Å². The second-order valence-corrected chi connectivity index (χ2v) is 25.8. The first-order valence-corrected chi connectivity index (χ1v) is 27.8. The van der Waals surface area contributed by atoms with Crippen LogP contribution < -0.4 is 0 Å². The van der Waals surface area contributed by atoms with Gasteiger partial charge in [0.15, 0.2) is 17.5 Å². The molecule has 9 aromatic carbocycles. The van der Waals surface area contributed by atoms with Crippen LogP contribution in [0.2, 0.25) is 0 Å². The van der Waals surface area contributed by atoms with Crippen LogP contribution in [0.5, 0.6) is 0 Å². The summed E-state index contributed by atoms with van der Waals surface area (Å²) >= 11 is 0. The third-order valence-corrected chi connectivity index (χ3v) is 16.2. The summed E-state index contributed by atoms with van der Waals surface area (Å²) < 4.78 is 11.7. The summed E-state index contributed by atoms with van der Waals surface area (Å²) in [7, 11) is 0. The highest BCUT2D eigenvalue weighted by Gasteiger charge is 2.28. The highest BCUT2D eigenvalue weighted by molar-refractivity contribution is 6.24. The van der Waals surface area contributed by atoms with Gasteiger partial charge in [-0.25, -0.2) is 15.0 Å². The topological polar surface area (TPSA) is 61.7 Å². The zero-order chi connectivity index (χ0) is 54.9. The van der Waals surface area contributed by atoms with Crippen LogP contribution in [0.4, 0.5) is 0 Å². The maximum atomic E-state index is 6.79. The Morgan fingerprint density at radius 2 is 0.734 bits per heavy atom. The van der Waals surface area contributed by atoms with Gasteiger partial charge in [-0.05, 0) is 129 Å². The van der Waals surface area contributed by atoms with Gasteiger partial charge in [-0.2, -0.15) is 0 Å². The average Bonchev–Trinajstić information content (AvgIpc) is 3.61. The van der Waals surface area contributed by atoms with Gasteiger partial charge in [-0.1, -0.05) is 186 Å². The molecule has 0 N–H and O–H groups in total. The second kappa shape index (κ2) is 18.0. The Labute approximate surface area is 463 Å². The van der Waals surface area contributed by atoms with Gasteiger partial charge in [-0.3, -0.25) is 0 Å². The summed E-state index contributed by atoms with van der Waals surface area (Å²) in [5.41, 5.74) is 17.7. The van der Waals surface area contributed by atoms with E-state index in [1.165, 1.54) is 33.0 Å². The fourth-order valence-corrected chi connectivity index (χ4v) is 11.7. The summed E-state index contributed by atoms with van der Waals surface area (Å²) in [5, 5.41) is 6.84. The molecule has 79 heavy (non-hydrogen) atoms. The smallest absolute Gasteiger partial charge is 0.164 e. The van der Waals surface area contributed by atoms with Gasteiger partial charge < -0.3 is 13.6 Å². The molecule has 390 valence electrons. The predicted octanol–water partition coefficient (Wildman–Crippen LogP) is 19.8. The van der Waals surface area contributed by atoms with Crippen LogP contribution in [0, 0.1) is 0 Å². The maximum Gasteiger partial charge on any atom is 0.164 e. The fraction of sp³-hybridized carbons (Fsp3) is 0.219. The minimum absolute atomic E-state index is 0.114. The Balaban J connectivity index is 1.12. The molecule has 0 spiro atoms. The van der Waals surface area contributed by atoms with Crippen molar-refractivity contribution < 1.29 is 4.42 Å². The van der Waals surface area contributed by atoms with Gasteiger partial charge >= 0.3 is 0 Å². The molecule has 6 nitrogen and oxygen atoms in total. The lowest BCUT2D eigenvalue weighted by Gasteiger charge is -2.26. The van der Waals surface area contributed by atoms with Crippen molar-refractivity contribution in [1.82, 2.24) is 24.1 Å². The normalized spacial score (nSPS) is 12.8.